The van der Waals surface area contributed by atoms with Crippen LogP contribution in [-0.4, -0.2) is 25.5 Å². The minimum atomic E-state index is 0.171. The molecule has 2 heterocycles. The fourth-order valence-corrected chi connectivity index (χ4v) is 3.62. The Morgan fingerprint density at radius 2 is 2.14 bits per heavy atom. The number of carbonyl (C=O) groups excluding carboxylic acids is 1. The first kappa shape index (κ1) is 15.1. The summed E-state index contributed by atoms with van der Waals surface area (Å²) >= 11 is 1.69. The van der Waals surface area contributed by atoms with Gasteiger partial charge in [-0.15, -0.1) is 0 Å². The van der Waals surface area contributed by atoms with Crippen molar-refractivity contribution >= 4 is 22.9 Å². The Balaban J connectivity index is 1.38. The highest BCUT2D eigenvalue weighted by Crippen LogP contribution is 2.22. The molecule has 3 nitrogen and oxygen atoms in total. The second kappa shape index (κ2) is 7.45. The highest BCUT2D eigenvalue weighted by atomic mass is 32.1. The molecule has 0 unspecified atom stereocenters. The molecule has 0 saturated carbocycles. The van der Waals surface area contributed by atoms with Crippen LogP contribution >= 0.6 is 11.3 Å². The predicted octanol–water partition coefficient (Wildman–Crippen LogP) is 3.32. The summed E-state index contributed by atoms with van der Waals surface area (Å²) < 4.78 is 0. The fraction of sp³-hybridized carbons (Fsp3) is 0.389. The van der Waals surface area contributed by atoms with Crippen LogP contribution in [0.3, 0.4) is 0 Å². The maximum absolute atomic E-state index is 11.9. The average Bonchev–Trinajstić information content (AvgIpc) is 3.23. The van der Waals surface area contributed by atoms with Crippen molar-refractivity contribution in [2.45, 2.75) is 19.3 Å². The van der Waals surface area contributed by atoms with Gasteiger partial charge >= 0.3 is 0 Å². The second-order valence-corrected chi connectivity index (χ2v) is 6.65. The summed E-state index contributed by atoms with van der Waals surface area (Å²) in [7, 11) is 0. The Kier molecular flexibility index (Phi) is 5.11. The summed E-state index contributed by atoms with van der Waals surface area (Å²) in [6.07, 6.45) is 2.59. The zero-order valence-electron chi connectivity index (χ0n) is 12.7. The first-order chi connectivity index (χ1) is 10.8. The van der Waals surface area contributed by atoms with E-state index in [0.29, 0.717) is 12.3 Å². The van der Waals surface area contributed by atoms with Crippen molar-refractivity contribution in [1.82, 2.24) is 5.32 Å². The molecule has 2 aromatic rings. The maximum Gasteiger partial charge on any atom is 0.220 e. The van der Waals surface area contributed by atoms with Gasteiger partial charge in [0.15, 0.2) is 0 Å². The van der Waals surface area contributed by atoms with Crippen LogP contribution in [0.4, 0.5) is 5.69 Å². The number of anilines is 1. The van der Waals surface area contributed by atoms with E-state index in [-0.39, 0.29) is 5.91 Å². The molecule has 0 bridgehead atoms. The van der Waals surface area contributed by atoms with E-state index in [1.54, 1.807) is 11.3 Å². The van der Waals surface area contributed by atoms with Crippen molar-refractivity contribution in [3.8, 4) is 0 Å². The monoisotopic (exact) mass is 314 g/mol. The van der Waals surface area contributed by atoms with Gasteiger partial charge in [-0.2, -0.15) is 11.3 Å². The van der Waals surface area contributed by atoms with Crippen LogP contribution in [0.5, 0.6) is 0 Å². The van der Waals surface area contributed by atoms with Gasteiger partial charge in [0.1, 0.15) is 0 Å². The number of para-hydroxylation sites is 1. The van der Waals surface area contributed by atoms with Crippen molar-refractivity contribution in [3.63, 3.8) is 0 Å². The molecule has 1 aliphatic heterocycles. The molecule has 1 aromatic heterocycles. The van der Waals surface area contributed by atoms with Gasteiger partial charge in [-0.25, -0.2) is 0 Å². The van der Waals surface area contributed by atoms with Gasteiger partial charge in [0, 0.05) is 31.7 Å². The molecule has 22 heavy (non-hydrogen) atoms. The molecule has 0 radical (unpaired) electrons. The summed E-state index contributed by atoms with van der Waals surface area (Å²) in [5, 5.41) is 7.27. The molecule has 0 spiro atoms. The fourth-order valence-electron chi connectivity index (χ4n) is 2.91. The van der Waals surface area contributed by atoms with Gasteiger partial charge in [-0.05, 0) is 53.3 Å². The van der Waals surface area contributed by atoms with E-state index in [1.807, 2.05) is 6.07 Å². The Labute approximate surface area is 136 Å². The molecular weight excluding hydrogens is 292 g/mol. The van der Waals surface area contributed by atoms with Gasteiger partial charge in [0.2, 0.25) is 5.91 Å². The minimum absolute atomic E-state index is 0.171. The lowest BCUT2D eigenvalue weighted by molar-refractivity contribution is -0.121. The normalized spacial score (nSPS) is 17.6. The van der Waals surface area contributed by atoms with Crippen LogP contribution in [0, 0.1) is 5.92 Å². The molecule has 1 N–H and O–H groups in total. The van der Waals surface area contributed by atoms with Gasteiger partial charge in [0.05, 0.1) is 0 Å². The first-order valence-electron chi connectivity index (χ1n) is 7.89. The van der Waals surface area contributed by atoms with Crippen LogP contribution in [0.15, 0.2) is 47.2 Å². The number of carbonyl (C=O) groups is 1. The molecule has 3 rings (SSSR count). The van der Waals surface area contributed by atoms with Crippen LogP contribution in [0.25, 0.3) is 0 Å². The van der Waals surface area contributed by atoms with Crippen molar-refractivity contribution in [2.24, 2.45) is 5.92 Å². The van der Waals surface area contributed by atoms with Crippen molar-refractivity contribution < 1.29 is 4.79 Å². The number of hydrogen-bond acceptors (Lipinski definition) is 3. The summed E-state index contributed by atoms with van der Waals surface area (Å²) in [5.41, 5.74) is 2.55. The summed E-state index contributed by atoms with van der Waals surface area (Å²) in [6.45, 7) is 2.92. The van der Waals surface area contributed by atoms with Gasteiger partial charge in [-0.3, -0.25) is 4.79 Å². The number of rotatable bonds is 6. The third kappa shape index (κ3) is 4.10. The molecule has 1 saturated heterocycles. The lowest BCUT2D eigenvalue weighted by Gasteiger charge is -2.18. The summed E-state index contributed by atoms with van der Waals surface area (Å²) in [6, 6.07) is 12.6. The summed E-state index contributed by atoms with van der Waals surface area (Å²) in [4.78, 5) is 14.3. The highest BCUT2D eigenvalue weighted by Gasteiger charge is 2.22. The van der Waals surface area contributed by atoms with E-state index < -0.39 is 0 Å². The Morgan fingerprint density at radius 3 is 2.91 bits per heavy atom. The van der Waals surface area contributed by atoms with Gasteiger partial charge < -0.3 is 10.2 Å². The van der Waals surface area contributed by atoms with Crippen LogP contribution in [0.1, 0.15) is 18.4 Å². The quantitative estimate of drug-likeness (QED) is 0.887. The Bertz CT molecular complexity index is 582. The number of benzene rings is 1. The molecular formula is C18H22N2OS. The predicted molar refractivity (Wildman–Crippen MR) is 92.4 cm³/mol. The maximum atomic E-state index is 11.9. The van der Waals surface area contributed by atoms with Crippen molar-refractivity contribution in [1.29, 1.82) is 0 Å². The Morgan fingerprint density at radius 1 is 1.27 bits per heavy atom. The van der Waals surface area contributed by atoms with E-state index in [9.17, 15) is 4.79 Å². The molecule has 4 heteroatoms. The van der Waals surface area contributed by atoms with E-state index in [2.05, 4.69) is 51.3 Å². The highest BCUT2D eigenvalue weighted by molar-refractivity contribution is 7.07. The smallest absolute Gasteiger partial charge is 0.220 e. The molecule has 0 aliphatic carbocycles. The average molecular weight is 314 g/mol. The van der Waals surface area contributed by atoms with Crippen LogP contribution in [-0.2, 0) is 11.2 Å². The lowest BCUT2D eigenvalue weighted by atomic mass is 10.1. The molecule has 1 fully saturated rings. The lowest BCUT2D eigenvalue weighted by Crippen LogP contribution is -2.31. The molecule has 1 amide bonds. The zero-order chi connectivity index (χ0) is 15.2. The molecule has 1 aromatic carbocycles. The third-order valence-corrected chi connectivity index (χ3v) is 4.95. The number of hydrogen-bond donors (Lipinski definition) is 1. The van der Waals surface area contributed by atoms with E-state index in [1.165, 1.54) is 11.3 Å². The van der Waals surface area contributed by atoms with E-state index in [0.717, 1.165) is 32.5 Å². The van der Waals surface area contributed by atoms with Crippen LogP contribution < -0.4 is 10.2 Å². The minimum Gasteiger partial charge on any atom is -0.371 e. The second-order valence-electron chi connectivity index (χ2n) is 5.87. The number of nitrogens with one attached hydrogen (secondary N) is 1. The standard InChI is InChI=1S/C18H22N2OS/c21-18(7-6-15-9-11-22-14-15)19-12-16-8-10-20(13-16)17-4-2-1-3-5-17/h1-5,9,11,14,16H,6-8,10,12-13H2,(H,19,21)/t16-/m1/s1. The number of amides is 1. The number of nitrogens with zero attached hydrogens (tertiary/aromatic N) is 1. The van der Waals surface area contributed by atoms with Crippen LogP contribution in [0.2, 0.25) is 0 Å². The summed E-state index contributed by atoms with van der Waals surface area (Å²) in [5.74, 6) is 0.731. The zero-order valence-corrected chi connectivity index (χ0v) is 13.5. The van der Waals surface area contributed by atoms with E-state index in [4.69, 9.17) is 0 Å². The van der Waals surface area contributed by atoms with Crippen molar-refractivity contribution in [2.75, 3.05) is 24.5 Å². The van der Waals surface area contributed by atoms with Gasteiger partial charge in [0.25, 0.3) is 0 Å². The first-order valence-corrected chi connectivity index (χ1v) is 8.83. The molecule has 116 valence electrons. The third-order valence-electron chi connectivity index (χ3n) is 4.22. The molecule has 1 aliphatic rings. The van der Waals surface area contributed by atoms with E-state index >= 15 is 0 Å². The van der Waals surface area contributed by atoms with Crippen molar-refractivity contribution in [3.05, 3.63) is 52.7 Å². The molecule has 1 atom stereocenters. The largest absolute Gasteiger partial charge is 0.371 e. The Hall–Kier alpha value is -1.81. The SMILES string of the molecule is O=C(CCc1ccsc1)NC[C@H]1CCN(c2ccccc2)C1. The number of thiophene rings is 1. The topological polar surface area (TPSA) is 32.3 Å². The van der Waals surface area contributed by atoms with Gasteiger partial charge in [-0.1, -0.05) is 18.2 Å². The number of aryl methyl sites for hydroxylation is 1.